The lowest BCUT2D eigenvalue weighted by Gasteiger charge is -2.12. The summed E-state index contributed by atoms with van der Waals surface area (Å²) in [7, 11) is 0. The first-order valence-electron chi connectivity index (χ1n) is 8.88. The van der Waals surface area contributed by atoms with Gasteiger partial charge in [0.2, 0.25) is 0 Å². The van der Waals surface area contributed by atoms with E-state index >= 15 is 0 Å². The first-order chi connectivity index (χ1) is 14.0. The maximum absolute atomic E-state index is 12.0. The van der Waals surface area contributed by atoms with Crippen LogP contribution in [-0.4, -0.2) is 29.0 Å². The molecule has 0 spiro atoms. The molecule has 0 fully saturated rings. The van der Waals surface area contributed by atoms with Crippen LogP contribution in [0.1, 0.15) is 17.5 Å². The Morgan fingerprint density at radius 1 is 1.10 bits per heavy atom. The van der Waals surface area contributed by atoms with Crippen LogP contribution in [0.3, 0.4) is 0 Å². The van der Waals surface area contributed by atoms with Crippen molar-refractivity contribution < 1.29 is 19.1 Å². The van der Waals surface area contributed by atoms with E-state index in [0.717, 1.165) is 15.8 Å². The van der Waals surface area contributed by atoms with Gasteiger partial charge in [0, 0.05) is 12.6 Å². The van der Waals surface area contributed by atoms with E-state index in [4.69, 9.17) is 4.74 Å². The molecule has 148 valence electrons. The lowest BCUT2D eigenvalue weighted by molar-refractivity contribution is -0.149. The maximum atomic E-state index is 12.0. The molecule has 0 aliphatic heterocycles. The van der Waals surface area contributed by atoms with Gasteiger partial charge in [-0.1, -0.05) is 42.5 Å². The average Bonchev–Trinajstić information content (AvgIpc) is 3.14. The molecular formula is C21H19N3O4S. The number of para-hydroxylation sites is 1. The van der Waals surface area contributed by atoms with Gasteiger partial charge in [0.05, 0.1) is 10.2 Å². The Morgan fingerprint density at radius 3 is 2.59 bits per heavy atom. The topological polar surface area (TPSA) is 97.4 Å². The molecule has 0 aliphatic carbocycles. The zero-order valence-electron chi connectivity index (χ0n) is 15.6. The monoisotopic (exact) mass is 409 g/mol. The fourth-order valence-electron chi connectivity index (χ4n) is 2.40. The lowest BCUT2D eigenvalue weighted by atomic mass is 10.2. The maximum Gasteiger partial charge on any atom is 0.331 e. The van der Waals surface area contributed by atoms with Gasteiger partial charge in [-0.3, -0.25) is 10.1 Å². The number of aromatic nitrogens is 1. The number of benzene rings is 2. The second-order valence-corrected chi connectivity index (χ2v) is 7.15. The number of carbonyl (C=O) groups excluding carboxylic acids is 3. The fraction of sp³-hybridized carbons (Fsp3) is 0.143. The third-order valence-corrected chi connectivity index (χ3v) is 4.87. The minimum Gasteiger partial charge on any atom is -0.449 e. The summed E-state index contributed by atoms with van der Waals surface area (Å²) in [5.74, 6) is -1.41. The van der Waals surface area contributed by atoms with Crippen molar-refractivity contribution in [3.05, 3.63) is 71.2 Å². The van der Waals surface area contributed by atoms with Crippen LogP contribution in [0.4, 0.5) is 4.79 Å². The molecule has 8 heteroatoms. The molecule has 1 heterocycles. The third kappa shape index (κ3) is 5.98. The number of nitrogens with one attached hydrogen (secondary N) is 2. The summed E-state index contributed by atoms with van der Waals surface area (Å²) >= 11 is 1.44. The smallest absolute Gasteiger partial charge is 0.331 e. The Hall–Kier alpha value is -3.52. The molecule has 2 aromatic carbocycles. The normalized spacial score (nSPS) is 11.9. The number of imide groups is 1. The summed E-state index contributed by atoms with van der Waals surface area (Å²) in [6.07, 6.45) is 1.62. The summed E-state index contributed by atoms with van der Waals surface area (Å²) in [4.78, 5) is 40.1. The third-order valence-electron chi connectivity index (χ3n) is 3.87. The van der Waals surface area contributed by atoms with Crippen LogP contribution in [0.5, 0.6) is 0 Å². The van der Waals surface area contributed by atoms with Crippen LogP contribution in [0.25, 0.3) is 16.3 Å². The highest BCUT2D eigenvalue weighted by atomic mass is 32.1. The van der Waals surface area contributed by atoms with Crippen molar-refractivity contribution in [2.45, 2.75) is 19.6 Å². The quantitative estimate of drug-likeness (QED) is 0.481. The predicted molar refractivity (Wildman–Crippen MR) is 111 cm³/mol. The Labute approximate surface area is 171 Å². The zero-order chi connectivity index (χ0) is 20.6. The number of esters is 1. The summed E-state index contributed by atoms with van der Waals surface area (Å²) in [5, 5.41) is 5.36. The van der Waals surface area contributed by atoms with E-state index in [9.17, 15) is 14.4 Å². The molecule has 0 saturated carbocycles. The van der Waals surface area contributed by atoms with E-state index < -0.39 is 24.0 Å². The van der Waals surface area contributed by atoms with Gasteiger partial charge in [-0.2, -0.15) is 0 Å². The predicted octanol–water partition coefficient (Wildman–Crippen LogP) is 3.27. The molecule has 7 nitrogen and oxygen atoms in total. The van der Waals surface area contributed by atoms with E-state index in [-0.39, 0.29) is 6.54 Å². The van der Waals surface area contributed by atoms with Crippen molar-refractivity contribution in [1.29, 1.82) is 0 Å². The van der Waals surface area contributed by atoms with Gasteiger partial charge in [0.1, 0.15) is 5.01 Å². The molecule has 3 aromatic rings. The van der Waals surface area contributed by atoms with Crippen LogP contribution in [0, 0.1) is 0 Å². The van der Waals surface area contributed by atoms with Gasteiger partial charge in [0.15, 0.2) is 6.10 Å². The first-order valence-corrected chi connectivity index (χ1v) is 9.70. The number of hydrogen-bond donors (Lipinski definition) is 2. The highest BCUT2D eigenvalue weighted by Crippen LogP contribution is 2.22. The Bertz CT molecular complexity index is 1010. The number of rotatable bonds is 6. The van der Waals surface area contributed by atoms with Crippen LogP contribution >= 0.6 is 11.3 Å². The molecule has 0 unspecified atom stereocenters. The van der Waals surface area contributed by atoms with Crippen molar-refractivity contribution in [3.8, 4) is 0 Å². The number of fused-ring (bicyclic) bond motifs is 1. The number of carbonyl (C=O) groups is 3. The van der Waals surface area contributed by atoms with E-state index in [1.165, 1.54) is 30.4 Å². The summed E-state index contributed by atoms with van der Waals surface area (Å²) in [6, 6.07) is 16.2. The molecule has 0 radical (unpaired) electrons. The Balaban J connectivity index is 1.45. The van der Waals surface area contributed by atoms with Crippen molar-refractivity contribution in [2.24, 2.45) is 0 Å². The van der Waals surface area contributed by atoms with E-state index in [0.29, 0.717) is 5.01 Å². The summed E-state index contributed by atoms with van der Waals surface area (Å²) in [6.45, 7) is 1.67. The molecule has 1 aromatic heterocycles. The molecule has 3 amide bonds. The molecule has 0 saturated heterocycles. The molecular weight excluding hydrogens is 390 g/mol. The van der Waals surface area contributed by atoms with E-state index in [2.05, 4.69) is 15.6 Å². The zero-order valence-corrected chi connectivity index (χ0v) is 16.4. The van der Waals surface area contributed by atoms with Crippen LogP contribution < -0.4 is 10.6 Å². The Morgan fingerprint density at radius 2 is 1.83 bits per heavy atom. The van der Waals surface area contributed by atoms with Gasteiger partial charge in [-0.05, 0) is 30.7 Å². The highest BCUT2D eigenvalue weighted by molar-refractivity contribution is 7.19. The first kappa shape index (κ1) is 20.2. The summed E-state index contributed by atoms with van der Waals surface area (Å²) in [5.41, 5.74) is 1.74. The lowest BCUT2D eigenvalue weighted by Crippen LogP contribution is -2.44. The second-order valence-electron chi connectivity index (χ2n) is 6.09. The molecule has 2 N–H and O–H groups in total. The minimum atomic E-state index is -1.12. The molecule has 0 aliphatic rings. The largest absolute Gasteiger partial charge is 0.449 e. The van der Waals surface area contributed by atoms with Gasteiger partial charge in [-0.15, -0.1) is 11.3 Å². The van der Waals surface area contributed by atoms with Gasteiger partial charge < -0.3 is 10.1 Å². The van der Waals surface area contributed by atoms with Crippen LogP contribution in [0.15, 0.2) is 60.7 Å². The molecule has 3 rings (SSSR count). The fourth-order valence-corrected chi connectivity index (χ4v) is 3.27. The molecule has 29 heavy (non-hydrogen) atoms. The van der Waals surface area contributed by atoms with Gasteiger partial charge >= 0.3 is 12.0 Å². The SMILES string of the molecule is C[C@H](OC(=O)/C=C/c1nc2ccccc2s1)C(=O)NC(=O)NCc1ccccc1. The highest BCUT2D eigenvalue weighted by Gasteiger charge is 2.19. The number of nitrogens with zero attached hydrogens (tertiary/aromatic N) is 1. The van der Waals surface area contributed by atoms with E-state index in [1.807, 2.05) is 54.6 Å². The van der Waals surface area contributed by atoms with Crippen LogP contribution in [-0.2, 0) is 20.9 Å². The van der Waals surface area contributed by atoms with Crippen molar-refractivity contribution in [3.63, 3.8) is 0 Å². The molecule has 1 atom stereocenters. The number of urea groups is 1. The van der Waals surface area contributed by atoms with Gasteiger partial charge in [0.25, 0.3) is 5.91 Å². The second kappa shape index (κ2) is 9.61. The number of ether oxygens (including phenoxy) is 1. The van der Waals surface area contributed by atoms with Gasteiger partial charge in [-0.25, -0.2) is 14.6 Å². The Kier molecular flexibility index (Phi) is 6.70. The summed E-state index contributed by atoms with van der Waals surface area (Å²) < 4.78 is 6.04. The average molecular weight is 409 g/mol. The minimum absolute atomic E-state index is 0.277. The van der Waals surface area contributed by atoms with Crippen LogP contribution in [0.2, 0.25) is 0 Å². The number of amides is 3. The van der Waals surface area contributed by atoms with Crippen molar-refractivity contribution in [2.75, 3.05) is 0 Å². The number of hydrogen-bond acceptors (Lipinski definition) is 6. The van der Waals surface area contributed by atoms with Crippen molar-refractivity contribution >= 4 is 45.5 Å². The standard InChI is InChI=1S/C21H19N3O4S/c1-14(20(26)24-21(27)22-13-15-7-3-2-4-8-15)28-19(25)12-11-18-23-16-9-5-6-10-17(16)29-18/h2-12,14H,13H2,1H3,(H2,22,24,26,27)/b12-11+/t14-/m0/s1. The van der Waals surface area contributed by atoms with E-state index in [1.54, 1.807) is 0 Å². The van der Waals surface area contributed by atoms with Crippen molar-refractivity contribution in [1.82, 2.24) is 15.6 Å². The molecule has 0 bridgehead atoms. The number of thiazole rings is 1.